The van der Waals surface area contributed by atoms with Crippen molar-refractivity contribution in [1.82, 2.24) is 4.90 Å². The number of nitrogens with zero attached hydrogens (tertiary/aromatic N) is 3. The van der Waals surface area contributed by atoms with Gasteiger partial charge in [0.15, 0.2) is 0 Å². The smallest absolute Gasteiger partial charge is 0.253 e. The molecule has 0 radical (unpaired) electrons. The summed E-state index contributed by atoms with van der Waals surface area (Å²) in [6.07, 6.45) is 4.62. The van der Waals surface area contributed by atoms with Gasteiger partial charge in [0.25, 0.3) is 5.91 Å². The van der Waals surface area contributed by atoms with Crippen LogP contribution in [0.15, 0.2) is 73.8 Å². The Morgan fingerprint density at radius 3 is 2.34 bits per heavy atom. The van der Waals surface area contributed by atoms with E-state index < -0.39 is 35.1 Å². The Labute approximate surface area is 282 Å². The summed E-state index contributed by atoms with van der Waals surface area (Å²) in [7, 11) is 0. The lowest BCUT2D eigenvalue weighted by Gasteiger charge is -2.40. The van der Waals surface area contributed by atoms with Gasteiger partial charge >= 0.3 is 0 Å². The first-order valence-corrected chi connectivity index (χ1v) is 16.8. The summed E-state index contributed by atoms with van der Waals surface area (Å²) in [5, 5.41) is 11.1. The molecule has 2 bridgehead atoms. The molecule has 0 aliphatic carbocycles. The van der Waals surface area contributed by atoms with Gasteiger partial charge in [-0.25, -0.2) is 0 Å². The molecular weight excluding hydrogens is 618 g/mol. The lowest BCUT2D eigenvalue weighted by molar-refractivity contribution is -0.148. The Morgan fingerprint density at radius 1 is 1.09 bits per heavy atom. The lowest BCUT2D eigenvalue weighted by Crippen LogP contribution is -2.59. The monoisotopic (exact) mass is 663 g/mol. The second-order valence-corrected chi connectivity index (χ2v) is 13.7. The van der Waals surface area contributed by atoms with Gasteiger partial charge in [-0.1, -0.05) is 49.7 Å². The van der Waals surface area contributed by atoms with Crippen molar-refractivity contribution in [1.29, 1.82) is 0 Å². The molecule has 3 fully saturated rings. The van der Waals surface area contributed by atoms with Crippen molar-refractivity contribution in [2.75, 3.05) is 36.1 Å². The molecular formula is C37H46ClN3O6. The first-order valence-electron chi connectivity index (χ1n) is 16.4. The summed E-state index contributed by atoms with van der Waals surface area (Å²) in [5.41, 5.74) is -1.16. The molecule has 6 atom stereocenters. The van der Waals surface area contributed by atoms with E-state index in [9.17, 15) is 19.5 Å². The van der Waals surface area contributed by atoms with E-state index in [1.165, 1.54) is 9.80 Å². The minimum Gasteiger partial charge on any atom is -0.494 e. The summed E-state index contributed by atoms with van der Waals surface area (Å²) in [6.45, 7) is 16.1. The Hall–Kier alpha value is -3.66. The number of aliphatic hydroxyl groups excluding tert-OH is 1. The van der Waals surface area contributed by atoms with Crippen LogP contribution in [0.5, 0.6) is 5.75 Å². The zero-order valence-electron chi connectivity index (χ0n) is 27.7. The van der Waals surface area contributed by atoms with Gasteiger partial charge in [0.05, 0.1) is 47.4 Å². The minimum atomic E-state index is -1.28. The van der Waals surface area contributed by atoms with Crippen LogP contribution in [0.25, 0.3) is 0 Å². The maximum absolute atomic E-state index is 14.9. The summed E-state index contributed by atoms with van der Waals surface area (Å²) in [5.74, 6) is -2.02. The van der Waals surface area contributed by atoms with Crippen LogP contribution >= 0.6 is 11.6 Å². The Kier molecular flexibility index (Phi) is 10.2. The molecule has 3 aliphatic rings. The summed E-state index contributed by atoms with van der Waals surface area (Å²) in [6, 6.07) is 12.5. The molecule has 0 saturated carbocycles. The van der Waals surface area contributed by atoms with Gasteiger partial charge in [-0.05, 0) is 75.4 Å². The molecule has 1 N–H and O–H groups in total. The van der Waals surface area contributed by atoms with E-state index in [1.807, 2.05) is 39.8 Å². The Morgan fingerprint density at radius 2 is 1.74 bits per heavy atom. The predicted octanol–water partition coefficient (Wildman–Crippen LogP) is 5.65. The predicted molar refractivity (Wildman–Crippen MR) is 184 cm³/mol. The molecule has 9 nitrogen and oxygen atoms in total. The third-order valence-electron chi connectivity index (χ3n) is 9.82. The molecule has 2 aromatic rings. The first kappa shape index (κ1) is 34.7. The second kappa shape index (κ2) is 13.8. The number of carbonyl (C=O) groups is 3. The van der Waals surface area contributed by atoms with Crippen molar-refractivity contribution in [3.05, 3.63) is 78.9 Å². The number of halogens is 1. The quantitative estimate of drug-likeness (QED) is 0.263. The molecule has 3 amide bonds. The van der Waals surface area contributed by atoms with Crippen molar-refractivity contribution in [2.24, 2.45) is 17.8 Å². The van der Waals surface area contributed by atoms with Crippen molar-refractivity contribution in [2.45, 2.75) is 70.2 Å². The number of benzene rings is 2. The highest BCUT2D eigenvalue weighted by molar-refractivity contribution is 6.34. The summed E-state index contributed by atoms with van der Waals surface area (Å²) in [4.78, 5) is 49.2. The molecule has 47 heavy (non-hydrogen) atoms. The number of hydrogen-bond donors (Lipinski definition) is 1. The van der Waals surface area contributed by atoms with Crippen LogP contribution in [-0.2, 0) is 19.1 Å². The van der Waals surface area contributed by atoms with E-state index in [2.05, 4.69) is 13.2 Å². The molecule has 2 aromatic carbocycles. The highest BCUT2D eigenvalue weighted by Gasteiger charge is 2.79. The normalized spacial score (nSPS) is 26.7. The lowest BCUT2D eigenvalue weighted by atomic mass is 9.66. The summed E-state index contributed by atoms with van der Waals surface area (Å²) < 4.78 is 12.5. The number of fused-ring (bicyclic) bond motifs is 1. The van der Waals surface area contributed by atoms with Crippen LogP contribution in [0.4, 0.5) is 11.4 Å². The number of para-hydroxylation sites is 1. The standard InChI is InChI=1S/C37H46ClN3O6/c1-7-20-39(25-14-16-27(17-15-25)46-9-3)33(43)30-31-34(44)41(26(23-42)22-24(4)5)32(37(31)19-18-36(30,6)47-37)35(45)40(21-8-2)29-13-11-10-12-28(29)38/h7-8,10-17,24,26,30-32,42H,1-2,9,18-23H2,3-6H3/t26-,30+,31+,32?,36-,37?/m1/s1. The molecule has 3 saturated heterocycles. The summed E-state index contributed by atoms with van der Waals surface area (Å²) >= 11 is 6.61. The fourth-order valence-electron chi connectivity index (χ4n) is 8.00. The largest absolute Gasteiger partial charge is 0.494 e. The fraction of sp³-hybridized carbons (Fsp3) is 0.486. The Balaban J connectivity index is 1.62. The van der Waals surface area contributed by atoms with Crippen molar-refractivity contribution < 1.29 is 29.0 Å². The van der Waals surface area contributed by atoms with Gasteiger partial charge in [0.1, 0.15) is 17.4 Å². The van der Waals surface area contributed by atoms with Gasteiger partial charge in [-0.15, -0.1) is 13.2 Å². The van der Waals surface area contributed by atoms with Gasteiger partial charge in [-0.3, -0.25) is 14.4 Å². The number of anilines is 2. The van der Waals surface area contributed by atoms with E-state index in [0.29, 0.717) is 48.0 Å². The number of ether oxygens (including phenoxy) is 2. The topological polar surface area (TPSA) is 99.6 Å². The number of amides is 3. The SMILES string of the molecule is C=CCN(C(=O)[C@@H]1[C@H]2C(=O)N([C@@H](CO)CC(C)C)C(C(=O)N(CC=C)c3ccccc3Cl)C23CC[C@@]1(C)O3)c1ccc(OCC)cc1. The van der Waals surface area contributed by atoms with Crippen molar-refractivity contribution in [3.8, 4) is 5.75 Å². The maximum Gasteiger partial charge on any atom is 0.253 e. The number of likely N-dealkylation sites (tertiary alicyclic amines) is 1. The molecule has 1 spiro atoms. The average Bonchev–Trinajstić information content (AvgIpc) is 3.62. The van der Waals surface area contributed by atoms with Gasteiger partial charge in [0.2, 0.25) is 11.8 Å². The zero-order valence-corrected chi connectivity index (χ0v) is 28.5. The average molecular weight is 664 g/mol. The van der Waals surface area contributed by atoms with Crippen LogP contribution in [-0.4, -0.2) is 77.3 Å². The van der Waals surface area contributed by atoms with Gasteiger partial charge in [0, 0.05) is 18.8 Å². The number of aliphatic hydroxyl groups is 1. The van der Waals surface area contributed by atoms with E-state index >= 15 is 0 Å². The third-order valence-corrected chi connectivity index (χ3v) is 10.1. The first-order chi connectivity index (χ1) is 22.5. The number of carbonyl (C=O) groups excluding carboxylic acids is 3. The molecule has 5 rings (SSSR count). The molecule has 3 aliphatic heterocycles. The van der Waals surface area contributed by atoms with Crippen LogP contribution in [0, 0.1) is 17.8 Å². The highest BCUT2D eigenvalue weighted by atomic mass is 35.5. The molecule has 10 heteroatoms. The zero-order chi connectivity index (χ0) is 34.1. The van der Waals surface area contributed by atoms with Crippen molar-refractivity contribution >= 4 is 40.7 Å². The van der Waals surface area contributed by atoms with Gasteiger partial charge in [-0.2, -0.15) is 0 Å². The van der Waals surface area contributed by atoms with Crippen LogP contribution in [0.2, 0.25) is 5.02 Å². The molecule has 2 unspecified atom stereocenters. The second-order valence-electron chi connectivity index (χ2n) is 13.3. The maximum atomic E-state index is 14.9. The minimum absolute atomic E-state index is 0.122. The highest BCUT2D eigenvalue weighted by Crippen LogP contribution is 2.64. The van der Waals surface area contributed by atoms with Crippen LogP contribution in [0.1, 0.15) is 47.0 Å². The molecule has 252 valence electrons. The number of rotatable bonds is 14. The fourth-order valence-corrected chi connectivity index (χ4v) is 8.23. The van der Waals surface area contributed by atoms with E-state index in [1.54, 1.807) is 53.5 Å². The van der Waals surface area contributed by atoms with E-state index in [4.69, 9.17) is 21.1 Å². The van der Waals surface area contributed by atoms with E-state index in [0.717, 1.165) is 0 Å². The molecule has 0 aromatic heterocycles. The van der Waals surface area contributed by atoms with Crippen LogP contribution in [0.3, 0.4) is 0 Å². The number of hydrogen-bond acceptors (Lipinski definition) is 6. The van der Waals surface area contributed by atoms with E-state index in [-0.39, 0.29) is 43.3 Å². The van der Waals surface area contributed by atoms with Crippen LogP contribution < -0.4 is 14.5 Å². The third kappa shape index (κ3) is 5.98. The van der Waals surface area contributed by atoms with Crippen molar-refractivity contribution in [3.63, 3.8) is 0 Å². The van der Waals surface area contributed by atoms with Gasteiger partial charge < -0.3 is 29.3 Å². The Bertz CT molecular complexity index is 1510. The molecule has 3 heterocycles.